The Bertz CT molecular complexity index is 1020. The van der Waals surface area contributed by atoms with Crippen LogP contribution in [0.25, 0.3) is 5.69 Å². The van der Waals surface area contributed by atoms with Gasteiger partial charge in [0.25, 0.3) is 5.91 Å². The zero-order valence-electron chi connectivity index (χ0n) is 14.7. The van der Waals surface area contributed by atoms with Crippen molar-refractivity contribution in [3.05, 3.63) is 69.7 Å². The molecule has 0 N–H and O–H groups in total. The molecule has 28 heavy (non-hydrogen) atoms. The molecule has 0 bridgehead atoms. The van der Waals surface area contributed by atoms with Gasteiger partial charge in [-0.3, -0.25) is 19.5 Å². The Hall–Kier alpha value is -3.33. The van der Waals surface area contributed by atoms with Crippen LogP contribution in [-0.4, -0.2) is 51.5 Å². The van der Waals surface area contributed by atoms with E-state index >= 15 is 0 Å². The molecule has 1 aliphatic heterocycles. The van der Waals surface area contributed by atoms with Gasteiger partial charge >= 0.3 is 5.88 Å². The molecule has 0 spiro atoms. The van der Waals surface area contributed by atoms with Crippen LogP contribution in [0.15, 0.2) is 53.2 Å². The summed E-state index contributed by atoms with van der Waals surface area (Å²) in [5.41, 5.74) is 0.904. The summed E-state index contributed by atoms with van der Waals surface area (Å²) in [6.07, 6.45) is 3.58. The van der Waals surface area contributed by atoms with Crippen LogP contribution in [-0.2, 0) is 0 Å². The summed E-state index contributed by atoms with van der Waals surface area (Å²) in [6, 6.07) is 10.0. The van der Waals surface area contributed by atoms with Crippen LogP contribution >= 0.6 is 11.6 Å². The fourth-order valence-electron chi connectivity index (χ4n) is 3.16. The molecule has 3 aromatic rings. The van der Waals surface area contributed by atoms with E-state index in [4.69, 9.17) is 16.0 Å². The number of halogens is 1. The molecule has 0 saturated carbocycles. The monoisotopic (exact) mass is 401 g/mol. The van der Waals surface area contributed by atoms with Crippen LogP contribution in [0.2, 0.25) is 5.02 Å². The van der Waals surface area contributed by atoms with E-state index in [1.54, 1.807) is 11.1 Å². The summed E-state index contributed by atoms with van der Waals surface area (Å²) in [5, 5.41) is 11.4. The second-order valence-electron chi connectivity index (χ2n) is 6.25. The number of benzene rings is 1. The first-order valence-electron chi connectivity index (χ1n) is 8.60. The van der Waals surface area contributed by atoms with E-state index in [2.05, 4.69) is 9.88 Å². The molecule has 1 saturated heterocycles. The van der Waals surface area contributed by atoms with Crippen molar-refractivity contribution in [2.45, 2.75) is 0 Å². The Morgan fingerprint density at radius 2 is 1.96 bits per heavy atom. The van der Waals surface area contributed by atoms with Crippen LogP contribution in [0.3, 0.4) is 0 Å². The zero-order chi connectivity index (χ0) is 19.7. The summed E-state index contributed by atoms with van der Waals surface area (Å²) >= 11 is 6.09. The molecule has 0 atom stereocenters. The van der Waals surface area contributed by atoms with Crippen LogP contribution < -0.4 is 4.90 Å². The van der Waals surface area contributed by atoms with Gasteiger partial charge < -0.3 is 14.2 Å². The van der Waals surface area contributed by atoms with Gasteiger partial charge in [0.15, 0.2) is 5.76 Å². The molecule has 1 fully saturated rings. The van der Waals surface area contributed by atoms with Crippen molar-refractivity contribution in [3.63, 3.8) is 0 Å². The number of aromatic nitrogens is 2. The molecular formula is C18H16ClN5O4. The van der Waals surface area contributed by atoms with Gasteiger partial charge in [-0.2, -0.15) is 0 Å². The summed E-state index contributed by atoms with van der Waals surface area (Å²) in [6.45, 7) is 2.06. The Morgan fingerprint density at radius 3 is 2.64 bits per heavy atom. The fraction of sp³-hybridized carbons (Fsp3) is 0.222. The van der Waals surface area contributed by atoms with Crippen molar-refractivity contribution in [2.24, 2.45) is 0 Å². The van der Waals surface area contributed by atoms with E-state index in [-0.39, 0.29) is 11.7 Å². The smallest absolute Gasteiger partial charge is 0.395 e. The normalized spacial score (nSPS) is 14.3. The Labute approximate surface area is 164 Å². The van der Waals surface area contributed by atoms with E-state index in [1.165, 1.54) is 12.1 Å². The lowest BCUT2D eigenvalue weighted by molar-refractivity contribution is -0.402. The Kier molecular flexibility index (Phi) is 4.74. The number of carbonyl (C=O) groups excluding carboxylic acids is 1. The largest absolute Gasteiger partial charge is 0.433 e. The fourth-order valence-corrected chi connectivity index (χ4v) is 3.35. The third kappa shape index (κ3) is 3.44. The number of hydrogen-bond acceptors (Lipinski definition) is 6. The molecule has 1 amide bonds. The second-order valence-corrected chi connectivity index (χ2v) is 6.69. The van der Waals surface area contributed by atoms with Crippen molar-refractivity contribution >= 4 is 29.3 Å². The number of rotatable bonds is 4. The lowest BCUT2D eigenvalue weighted by atomic mass is 10.3. The number of nitrogens with zero attached hydrogens (tertiary/aromatic N) is 5. The number of carbonyl (C=O) groups is 1. The second kappa shape index (κ2) is 7.35. The molecule has 0 radical (unpaired) electrons. The number of hydrogen-bond donors (Lipinski definition) is 0. The number of nitro groups is 1. The Morgan fingerprint density at radius 1 is 1.18 bits per heavy atom. The van der Waals surface area contributed by atoms with E-state index in [0.29, 0.717) is 31.2 Å². The average molecular weight is 402 g/mol. The van der Waals surface area contributed by atoms with Gasteiger partial charge in [-0.05, 0) is 24.3 Å². The number of furan rings is 1. The summed E-state index contributed by atoms with van der Waals surface area (Å²) in [5.74, 6) is -0.0555. The predicted molar refractivity (Wildman–Crippen MR) is 102 cm³/mol. The molecule has 9 nitrogen and oxygen atoms in total. The highest BCUT2D eigenvalue weighted by Crippen LogP contribution is 2.23. The van der Waals surface area contributed by atoms with E-state index in [1.807, 2.05) is 35.0 Å². The summed E-state index contributed by atoms with van der Waals surface area (Å²) in [7, 11) is 0. The van der Waals surface area contributed by atoms with E-state index in [0.717, 1.165) is 11.6 Å². The highest BCUT2D eigenvalue weighted by Gasteiger charge is 2.27. The Balaban J connectivity index is 1.45. The molecule has 4 rings (SSSR count). The van der Waals surface area contributed by atoms with Gasteiger partial charge in [0.1, 0.15) is 4.92 Å². The standard InChI is InChI=1S/C18H16ClN5O4/c19-13-2-1-3-14(12-13)23-7-6-20-18(23)22-10-8-21(9-11-22)17(25)15-4-5-16(28-15)24(26)27/h1-7,12H,8-11H2. The van der Waals surface area contributed by atoms with Crippen LogP contribution in [0.1, 0.15) is 10.6 Å². The number of piperazine rings is 1. The van der Waals surface area contributed by atoms with Crippen molar-refractivity contribution in [1.29, 1.82) is 0 Å². The minimum atomic E-state index is -0.662. The maximum atomic E-state index is 12.5. The van der Waals surface area contributed by atoms with Gasteiger partial charge in [0, 0.05) is 49.3 Å². The van der Waals surface area contributed by atoms with E-state index < -0.39 is 10.8 Å². The van der Waals surface area contributed by atoms with Crippen LogP contribution in [0.5, 0.6) is 0 Å². The van der Waals surface area contributed by atoms with Crippen LogP contribution in [0.4, 0.5) is 11.8 Å². The minimum Gasteiger partial charge on any atom is -0.395 e. The highest BCUT2D eigenvalue weighted by atomic mass is 35.5. The third-order valence-electron chi connectivity index (χ3n) is 4.54. The van der Waals surface area contributed by atoms with Gasteiger partial charge in [-0.25, -0.2) is 4.98 Å². The quantitative estimate of drug-likeness (QED) is 0.492. The maximum Gasteiger partial charge on any atom is 0.433 e. The molecule has 144 valence electrons. The molecule has 1 aromatic carbocycles. The number of imidazole rings is 1. The van der Waals surface area contributed by atoms with Crippen molar-refractivity contribution in [1.82, 2.24) is 14.5 Å². The molecule has 2 aromatic heterocycles. The highest BCUT2D eigenvalue weighted by molar-refractivity contribution is 6.30. The predicted octanol–water partition coefficient (Wildman–Crippen LogP) is 2.99. The minimum absolute atomic E-state index is 0.0272. The SMILES string of the molecule is O=C(c1ccc([N+](=O)[O-])o1)N1CCN(c2nccn2-c2cccc(Cl)c2)CC1. The van der Waals surface area contributed by atoms with Crippen molar-refractivity contribution < 1.29 is 14.1 Å². The summed E-state index contributed by atoms with van der Waals surface area (Å²) in [4.78, 5) is 30.7. The first-order valence-corrected chi connectivity index (χ1v) is 8.98. The van der Waals surface area contributed by atoms with Gasteiger partial charge in [0.05, 0.1) is 6.07 Å². The van der Waals surface area contributed by atoms with Crippen molar-refractivity contribution in [2.75, 3.05) is 31.1 Å². The lowest BCUT2D eigenvalue weighted by Gasteiger charge is -2.35. The molecule has 0 unspecified atom stereocenters. The molecule has 1 aliphatic rings. The van der Waals surface area contributed by atoms with Gasteiger partial charge in [-0.15, -0.1) is 0 Å². The summed E-state index contributed by atoms with van der Waals surface area (Å²) < 4.78 is 6.96. The molecule has 0 aliphatic carbocycles. The van der Waals surface area contributed by atoms with Crippen molar-refractivity contribution in [3.8, 4) is 5.69 Å². The first kappa shape index (κ1) is 18.1. The van der Waals surface area contributed by atoms with E-state index in [9.17, 15) is 14.9 Å². The first-order chi connectivity index (χ1) is 13.5. The van der Waals surface area contributed by atoms with Crippen LogP contribution in [0, 0.1) is 10.1 Å². The van der Waals surface area contributed by atoms with Gasteiger partial charge in [0.2, 0.25) is 5.95 Å². The molecular weight excluding hydrogens is 386 g/mol. The maximum absolute atomic E-state index is 12.5. The lowest BCUT2D eigenvalue weighted by Crippen LogP contribution is -2.49. The molecule has 3 heterocycles. The third-order valence-corrected chi connectivity index (χ3v) is 4.77. The number of amides is 1. The average Bonchev–Trinajstić information content (AvgIpc) is 3.37. The molecule has 10 heteroatoms. The number of anilines is 1. The van der Waals surface area contributed by atoms with Gasteiger partial charge in [-0.1, -0.05) is 17.7 Å². The topological polar surface area (TPSA) is 97.6 Å². The zero-order valence-corrected chi connectivity index (χ0v) is 15.5.